The molecule has 31 heavy (non-hydrogen) atoms. The number of carbonyl (C=O) groups is 1. The minimum absolute atomic E-state index is 0.310. The molecule has 8 heteroatoms. The summed E-state index contributed by atoms with van der Waals surface area (Å²) in [6.45, 7) is 5.65. The van der Waals surface area contributed by atoms with Gasteiger partial charge in [-0.3, -0.25) is 4.57 Å². The molecule has 0 saturated carbocycles. The van der Waals surface area contributed by atoms with Gasteiger partial charge < -0.3 is 15.4 Å². The van der Waals surface area contributed by atoms with E-state index in [1.807, 2.05) is 55.8 Å². The Hall–Kier alpha value is -4.20. The number of hydrogen-bond acceptors (Lipinski definition) is 5. The molecule has 0 aliphatic rings. The molecule has 0 radical (unpaired) electrons. The molecular weight excluding hydrogens is 392 g/mol. The minimum atomic E-state index is -0.310. The van der Waals surface area contributed by atoms with Crippen LogP contribution in [0, 0.1) is 20.8 Å². The average Bonchev–Trinajstić information content (AvgIpc) is 3.17. The van der Waals surface area contributed by atoms with Crippen molar-refractivity contribution >= 4 is 17.4 Å². The molecule has 8 nitrogen and oxygen atoms in total. The molecule has 4 rings (SSSR count). The summed E-state index contributed by atoms with van der Waals surface area (Å²) in [5, 5.41) is 5.65. The number of aromatic nitrogens is 4. The molecule has 0 unspecified atom stereocenters. The zero-order valence-corrected chi connectivity index (χ0v) is 17.5. The van der Waals surface area contributed by atoms with Crippen LogP contribution < -0.4 is 15.4 Å². The standard InChI is InChI=1S/C23H22N6O2/c1-15-6-4-5-7-20(15)28-23(30)27-18-8-10-19(11-9-18)31-22-14-21(25-16(2)26-22)29-13-12-24-17(29)3/h4-14H,1-3H3,(H2,27,28,30). The Morgan fingerprint density at radius 1 is 0.968 bits per heavy atom. The fourth-order valence-electron chi connectivity index (χ4n) is 3.05. The molecule has 0 aliphatic heterocycles. The van der Waals surface area contributed by atoms with Crippen molar-refractivity contribution in [2.45, 2.75) is 20.8 Å². The van der Waals surface area contributed by atoms with E-state index in [2.05, 4.69) is 25.6 Å². The second kappa shape index (κ2) is 8.66. The Morgan fingerprint density at radius 3 is 2.45 bits per heavy atom. The van der Waals surface area contributed by atoms with Crippen LogP contribution in [0.15, 0.2) is 67.0 Å². The molecule has 2 amide bonds. The van der Waals surface area contributed by atoms with Gasteiger partial charge in [0.25, 0.3) is 0 Å². The van der Waals surface area contributed by atoms with Crippen LogP contribution in [0.5, 0.6) is 11.6 Å². The van der Waals surface area contributed by atoms with E-state index in [4.69, 9.17) is 4.74 Å². The van der Waals surface area contributed by atoms with E-state index in [-0.39, 0.29) is 6.03 Å². The van der Waals surface area contributed by atoms with Gasteiger partial charge in [0.1, 0.15) is 23.2 Å². The van der Waals surface area contributed by atoms with Crippen LogP contribution in [-0.2, 0) is 0 Å². The number of nitrogens with one attached hydrogen (secondary N) is 2. The molecule has 0 spiro atoms. The first kappa shape index (κ1) is 20.1. The third-order valence-corrected chi connectivity index (χ3v) is 4.60. The smallest absolute Gasteiger partial charge is 0.323 e. The lowest BCUT2D eigenvalue weighted by molar-refractivity contribution is 0.262. The Balaban J connectivity index is 1.43. The van der Waals surface area contributed by atoms with Gasteiger partial charge in [0.2, 0.25) is 5.88 Å². The van der Waals surface area contributed by atoms with E-state index in [9.17, 15) is 4.79 Å². The molecule has 2 aromatic carbocycles. The van der Waals surface area contributed by atoms with Crippen LogP contribution in [0.1, 0.15) is 17.2 Å². The summed E-state index contributed by atoms with van der Waals surface area (Å²) in [5.74, 6) is 3.11. The Labute approximate surface area is 180 Å². The number of imidazole rings is 1. The number of carbonyl (C=O) groups excluding carboxylic acids is 1. The highest BCUT2D eigenvalue weighted by Crippen LogP contribution is 2.23. The summed E-state index contributed by atoms with van der Waals surface area (Å²) in [6, 6.07) is 16.1. The highest BCUT2D eigenvalue weighted by Gasteiger charge is 2.09. The molecule has 0 fully saturated rings. The van der Waals surface area contributed by atoms with E-state index in [0.29, 0.717) is 29.0 Å². The van der Waals surface area contributed by atoms with E-state index < -0.39 is 0 Å². The maximum absolute atomic E-state index is 12.2. The third kappa shape index (κ3) is 4.87. The summed E-state index contributed by atoms with van der Waals surface area (Å²) >= 11 is 0. The van der Waals surface area contributed by atoms with Gasteiger partial charge in [-0.25, -0.2) is 14.8 Å². The van der Waals surface area contributed by atoms with Crippen molar-refractivity contribution in [2.75, 3.05) is 10.6 Å². The van der Waals surface area contributed by atoms with Crippen molar-refractivity contribution in [2.24, 2.45) is 0 Å². The fourth-order valence-corrected chi connectivity index (χ4v) is 3.05. The summed E-state index contributed by atoms with van der Waals surface area (Å²) in [7, 11) is 0. The number of urea groups is 1. The number of aryl methyl sites for hydroxylation is 3. The van der Waals surface area contributed by atoms with E-state index >= 15 is 0 Å². The maximum Gasteiger partial charge on any atom is 0.323 e. The van der Waals surface area contributed by atoms with Gasteiger partial charge in [-0.15, -0.1) is 0 Å². The highest BCUT2D eigenvalue weighted by atomic mass is 16.5. The van der Waals surface area contributed by atoms with E-state index in [1.165, 1.54) is 0 Å². The van der Waals surface area contributed by atoms with Crippen LogP contribution >= 0.6 is 0 Å². The Kier molecular flexibility index (Phi) is 5.61. The molecule has 2 N–H and O–H groups in total. The van der Waals surface area contributed by atoms with Gasteiger partial charge in [0.15, 0.2) is 0 Å². The normalized spacial score (nSPS) is 10.5. The number of anilines is 2. The zero-order chi connectivity index (χ0) is 21.8. The number of rotatable bonds is 5. The van der Waals surface area contributed by atoms with Gasteiger partial charge in [-0.2, -0.15) is 4.98 Å². The van der Waals surface area contributed by atoms with Crippen LogP contribution in [0.25, 0.3) is 5.82 Å². The number of para-hydroxylation sites is 1. The van der Waals surface area contributed by atoms with E-state index in [0.717, 1.165) is 17.1 Å². The lowest BCUT2D eigenvalue weighted by atomic mass is 10.2. The van der Waals surface area contributed by atoms with Gasteiger partial charge in [-0.05, 0) is 56.7 Å². The SMILES string of the molecule is Cc1nc(Oc2ccc(NC(=O)Nc3ccccc3C)cc2)cc(-n2ccnc2C)n1. The largest absolute Gasteiger partial charge is 0.439 e. The number of ether oxygens (including phenoxy) is 1. The summed E-state index contributed by atoms with van der Waals surface area (Å²) in [6.07, 6.45) is 3.55. The van der Waals surface area contributed by atoms with Gasteiger partial charge >= 0.3 is 6.03 Å². The first-order valence-electron chi connectivity index (χ1n) is 9.75. The first-order chi connectivity index (χ1) is 15.0. The molecule has 0 atom stereocenters. The summed E-state index contributed by atoms with van der Waals surface area (Å²) in [4.78, 5) is 25.3. The fraction of sp³-hybridized carbons (Fsp3) is 0.130. The van der Waals surface area contributed by atoms with Crippen LogP contribution in [-0.4, -0.2) is 25.6 Å². The van der Waals surface area contributed by atoms with Crippen molar-refractivity contribution in [3.8, 4) is 17.4 Å². The molecule has 0 aliphatic carbocycles. The molecule has 4 aromatic rings. The number of hydrogen-bond donors (Lipinski definition) is 2. The molecular formula is C23H22N6O2. The molecule has 2 heterocycles. The molecule has 0 saturated heterocycles. The van der Waals surface area contributed by atoms with Crippen molar-refractivity contribution in [3.63, 3.8) is 0 Å². The predicted molar refractivity (Wildman–Crippen MR) is 119 cm³/mol. The van der Waals surface area contributed by atoms with Crippen LogP contribution in [0.4, 0.5) is 16.2 Å². The van der Waals surface area contributed by atoms with Crippen molar-refractivity contribution in [1.82, 2.24) is 19.5 Å². The van der Waals surface area contributed by atoms with Crippen LogP contribution in [0.2, 0.25) is 0 Å². The third-order valence-electron chi connectivity index (χ3n) is 4.60. The highest BCUT2D eigenvalue weighted by molar-refractivity contribution is 6.00. The minimum Gasteiger partial charge on any atom is -0.439 e. The van der Waals surface area contributed by atoms with Crippen molar-refractivity contribution in [1.29, 1.82) is 0 Å². The van der Waals surface area contributed by atoms with Crippen LogP contribution in [0.3, 0.4) is 0 Å². The Bertz CT molecular complexity index is 1220. The summed E-state index contributed by atoms with van der Waals surface area (Å²) in [5.41, 5.74) is 2.40. The number of benzene rings is 2. The topological polar surface area (TPSA) is 94.0 Å². The second-order valence-electron chi connectivity index (χ2n) is 6.98. The average molecular weight is 414 g/mol. The monoisotopic (exact) mass is 414 g/mol. The predicted octanol–water partition coefficient (Wildman–Crippen LogP) is 5.02. The van der Waals surface area contributed by atoms with Gasteiger partial charge in [0.05, 0.1) is 0 Å². The maximum atomic E-state index is 12.2. The molecule has 156 valence electrons. The zero-order valence-electron chi connectivity index (χ0n) is 17.5. The van der Waals surface area contributed by atoms with Gasteiger partial charge in [0, 0.05) is 29.8 Å². The van der Waals surface area contributed by atoms with Crippen molar-refractivity contribution < 1.29 is 9.53 Å². The first-order valence-corrected chi connectivity index (χ1v) is 9.75. The quantitative estimate of drug-likeness (QED) is 0.478. The Morgan fingerprint density at radius 2 is 1.74 bits per heavy atom. The van der Waals surface area contributed by atoms with Gasteiger partial charge in [-0.1, -0.05) is 18.2 Å². The lowest BCUT2D eigenvalue weighted by Crippen LogP contribution is -2.19. The second-order valence-corrected chi connectivity index (χ2v) is 6.98. The van der Waals surface area contributed by atoms with E-state index in [1.54, 1.807) is 36.5 Å². The number of nitrogens with zero attached hydrogens (tertiary/aromatic N) is 4. The number of amides is 2. The van der Waals surface area contributed by atoms with Crippen molar-refractivity contribution in [3.05, 3.63) is 84.2 Å². The summed E-state index contributed by atoms with van der Waals surface area (Å²) < 4.78 is 7.76. The molecule has 2 aromatic heterocycles. The molecule has 0 bridgehead atoms. The lowest BCUT2D eigenvalue weighted by Gasteiger charge is -2.11.